The van der Waals surface area contributed by atoms with Crippen molar-refractivity contribution in [2.75, 3.05) is 13.7 Å². The molecule has 0 aliphatic heterocycles. The number of hydrogen-bond acceptors (Lipinski definition) is 3. The predicted octanol–water partition coefficient (Wildman–Crippen LogP) is 1.61. The number of aromatic nitrogens is 1. The van der Waals surface area contributed by atoms with E-state index in [0.29, 0.717) is 6.54 Å². The summed E-state index contributed by atoms with van der Waals surface area (Å²) >= 11 is 1.70. The highest BCUT2D eigenvalue weighted by atomic mass is 79.9. The third kappa shape index (κ3) is 4.11. The van der Waals surface area contributed by atoms with Gasteiger partial charge in [-0.2, -0.15) is 0 Å². The van der Waals surface area contributed by atoms with Crippen molar-refractivity contribution in [2.45, 2.75) is 6.92 Å². The Hall–Kier alpha value is -2.11. The minimum absolute atomic E-state index is 0. The number of nitrogens with zero attached hydrogens (tertiary/aromatic N) is 2. The van der Waals surface area contributed by atoms with Crippen LogP contribution in [0.5, 0.6) is 5.75 Å². The van der Waals surface area contributed by atoms with Crippen LogP contribution >= 0.6 is 11.3 Å². The van der Waals surface area contributed by atoms with Crippen molar-refractivity contribution in [2.24, 2.45) is 4.99 Å². The van der Waals surface area contributed by atoms with E-state index < -0.39 is 0 Å². The van der Waals surface area contributed by atoms with Crippen LogP contribution in [0.15, 0.2) is 72.2 Å². The number of para-hydroxylation sites is 1. The molecule has 0 aliphatic carbocycles. The second-order valence-electron chi connectivity index (χ2n) is 5.32. The van der Waals surface area contributed by atoms with Gasteiger partial charge in [0.1, 0.15) is 5.75 Å². The van der Waals surface area contributed by atoms with Crippen LogP contribution in [0.25, 0.3) is 16.9 Å². The Morgan fingerprint density at radius 3 is 2.40 bits per heavy atom. The van der Waals surface area contributed by atoms with E-state index >= 15 is 0 Å². The number of thiazole rings is 1. The van der Waals surface area contributed by atoms with Crippen molar-refractivity contribution < 1.29 is 21.7 Å². The number of rotatable bonds is 5. The van der Waals surface area contributed by atoms with E-state index in [-0.39, 0.29) is 17.0 Å². The zero-order chi connectivity index (χ0) is 16.9. The van der Waals surface area contributed by atoms with Gasteiger partial charge in [-0.3, -0.25) is 9.56 Å². The molecule has 0 N–H and O–H groups in total. The molecule has 0 aliphatic rings. The topological polar surface area (TPSA) is 26.5 Å². The molecule has 0 fully saturated rings. The summed E-state index contributed by atoms with van der Waals surface area (Å²) in [6.45, 7) is 6.51. The molecule has 3 aromatic rings. The molecule has 0 bridgehead atoms. The SMILES string of the molecule is C=CCN=c1sc(C)c(-c2ccc(OC)cc2)n1-c1ccccc1.[Br-]. The van der Waals surface area contributed by atoms with E-state index in [0.717, 1.165) is 27.5 Å². The second kappa shape index (κ2) is 8.83. The average Bonchev–Trinajstić information content (AvgIpc) is 2.97. The highest BCUT2D eigenvalue weighted by Crippen LogP contribution is 2.29. The van der Waals surface area contributed by atoms with Crippen molar-refractivity contribution in [3.8, 4) is 22.7 Å². The van der Waals surface area contributed by atoms with Crippen LogP contribution in [0, 0.1) is 6.92 Å². The van der Waals surface area contributed by atoms with Gasteiger partial charge in [0.15, 0.2) is 4.80 Å². The van der Waals surface area contributed by atoms with Crippen molar-refractivity contribution >= 4 is 11.3 Å². The van der Waals surface area contributed by atoms with Gasteiger partial charge in [-0.25, -0.2) is 0 Å². The Kier molecular flexibility index (Phi) is 6.79. The largest absolute Gasteiger partial charge is 1.00 e. The molecule has 0 saturated heterocycles. The molecule has 25 heavy (non-hydrogen) atoms. The average molecular weight is 416 g/mol. The summed E-state index contributed by atoms with van der Waals surface area (Å²) in [5.41, 5.74) is 3.42. The fraction of sp³-hybridized carbons (Fsp3) is 0.150. The molecule has 3 nitrogen and oxygen atoms in total. The number of aryl methyl sites for hydroxylation is 1. The van der Waals surface area contributed by atoms with Crippen LogP contribution in [0.1, 0.15) is 4.88 Å². The van der Waals surface area contributed by atoms with Gasteiger partial charge < -0.3 is 21.7 Å². The van der Waals surface area contributed by atoms with Crippen LogP contribution in [-0.4, -0.2) is 18.2 Å². The number of benzene rings is 2. The molecule has 2 aromatic carbocycles. The third-order valence-electron chi connectivity index (χ3n) is 3.73. The van der Waals surface area contributed by atoms with Crippen LogP contribution in [0.2, 0.25) is 0 Å². The van der Waals surface area contributed by atoms with E-state index in [1.54, 1.807) is 18.4 Å². The molecule has 0 saturated carbocycles. The molecule has 130 valence electrons. The van der Waals surface area contributed by atoms with E-state index in [2.05, 4.69) is 47.3 Å². The van der Waals surface area contributed by atoms with E-state index in [1.165, 1.54) is 4.88 Å². The lowest BCUT2D eigenvalue weighted by atomic mass is 10.1. The lowest BCUT2D eigenvalue weighted by Crippen LogP contribution is -3.00. The second-order valence-corrected chi connectivity index (χ2v) is 6.50. The lowest BCUT2D eigenvalue weighted by Gasteiger charge is -2.11. The molecule has 0 atom stereocenters. The van der Waals surface area contributed by atoms with Crippen LogP contribution < -0.4 is 26.5 Å². The highest BCUT2D eigenvalue weighted by Gasteiger charge is 2.14. The zero-order valence-electron chi connectivity index (χ0n) is 14.3. The van der Waals surface area contributed by atoms with E-state index in [4.69, 9.17) is 4.74 Å². The van der Waals surface area contributed by atoms with Gasteiger partial charge in [0, 0.05) is 10.6 Å². The molecule has 0 amide bonds. The Morgan fingerprint density at radius 1 is 1.12 bits per heavy atom. The van der Waals surface area contributed by atoms with Crippen molar-refractivity contribution in [1.29, 1.82) is 0 Å². The normalized spacial score (nSPS) is 11.0. The molecule has 0 radical (unpaired) electrons. The number of hydrogen-bond donors (Lipinski definition) is 0. The minimum Gasteiger partial charge on any atom is -1.00 e. The molecular formula is C20H20BrN2OS-. The Labute approximate surface area is 162 Å². The molecule has 0 spiro atoms. The fourth-order valence-corrected chi connectivity index (χ4v) is 3.63. The smallest absolute Gasteiger partial charge is 0.190 e. The molecular weight excluding hydrogens is 396 g/mol. The fourth-order valence-electron chi connectivity index (χ4n) is 2.63. The van der Waals surface area contributed by atoms with Gasteiger partial charge in [-0.05, 0) is 48.9 Å². The zero-order valence-corrected chi connectivity index (χ0v) is 16.7. The Bertz CT molecular complexity index is 896. The summed E-state index contributed by atoms with van der Waals surface area (Å²) < 4.78 is 7.49. The molecule has 1 aromatic heterocycles. The summed E-state index contributed by atoms with van der Waals surface area (Å²) in [7, 11) is 1.68. The number of ether oxygens (including phenoxy) is 1. The molecule has 3 rings (SSSR count). The van der Waals surface area contributed by atoms with Crippen LogP contribution in [-0.2, 0) is 0 Å². The van der Waals surface area contributed by atoms with Crippen molar-refractivity contribution in [1.82, 2.24) is 4.57 Å². The number of halogens is 1. The van der Waals surface area contributed by atoms with Crippen molar-refractivity contribution in [3.63, 3.8) is 0 Å². The maximum atomic E-state index is 5.27. The summed E-state index contributed by atoms with van der Waals surface area (Å²) in [5, 5.41) is 0. The first-order valence-corrected chi connectivity index (χ1v) is 8.60. The lowest BCUT2D eigenvalue weighted by molar-refractivity contribution is -0.00000512. The van der Waals surface area contributed by atoms with E-state index in [9.17, 15) is 0 Å². The van der Waals surface area contributed by atoms with Crippen LogP contribution in [0.3, 0.4) is 0 Å². The summed E-state index contributed by atoms with van der Waals surface area (Å²) in [6, 6.07) is 18.5. The predicted molar refractivity (Wildman–Crippen MR) is 101 cm³/mol. The minimum atomic E-state index is 0. The molecule has 1 heterocycles. The summed E-state index contributed by atoms with van der Waals surface area (Å²) in [5.74, 6) is 0.856. The van der Waals surface area contributed by atoms with Crippen molar-refractivity contribution in [3.05, 3.63) is 76.9 Å². The van der Waals surface area contributed by atoms with Gasteiger partial charge in [0.25, 0.3) is 0 Å². The molecule has 5 heteroatoms. The quantitative estimate of drug-likeness (QED) is 0.581. The van der Waals surface area contributed by atoms with Gasteiger partial charge in [0.05, 0.1) is 19.3 Å². The first-order valence-electron chi connectivity index (χ1n) is 7.78. The maximum absolute atomic E-state index is 5.27. The third-order valence-corrected chi connectivity index (χ3v) is 4.72. The standard InChI is InChI=1S/C20H20N2OS.BrH/c1-4-14-21-20-22(17-8-6-5-7-9-17)19(15(2)24-20)16-10-12-18(23-3)13-11-16;/h4-13H,1,14H2,2-3H3;1H/p-1. The summed E-state index contributed by atoms with van der Waals surface area (Å²) in [4.78, 5) is 6.89. The Balaban J connectivity index is 0.00000225. The van der Waals surface area contributed by atoms with E-state index in [1.807, 2.05) is 36.4 Å². The first-order chi connectivity index (χ1) is 11.7. The monoisotopic (exact) mass is 415 g/mol. The van der Waals surface area contributed by atoms with Gasteiger partial charge >= 0.3 is 0 Å². The maximum Gasteiger partial charge on any atom is 0.190 e. The first kappa shape index (κ1) is 19.2. The highest BCUT2D eigenvalue weighted by molar-refractivity contribution is 7.09. The van der Waals surface area contributed by atoms with Gasteiger partial charge in [-0.15, -0.1) is 17.9 Å². The van der Waals surface area contributed by atoms with Gasteiger partial charge in [0.2, 0.25) is 0 Å². The summed E-state index contributed by atoms with van der Waals surface area (Å²) in [6.07, 6.45) is 1.82. The Morgan fingerprint density at radius 2 is 1.80 bits per heavy atom. The molecule has 0 unspecified atom stereocenters. The number of methoxy groups -OCH3 is 1. The van der Waals surface area contributed by atoms with Gasteiger partial charge in [-0.1, -0.05) is 24.3 Å². The van der Waals surface area contributed by atoms with Crippen LogP contribution in [0.4, 0.5) is 0 Å².